The maximum absolute atomic E-state index is 12.5. The maximum atomic E-state index is 12.5. The summed E-state index contributed by atoms with van der Waals surface area (Å²) in [4.78, 5) is 23.8. The first-order valence-corrected chi connectivity index (χ1v) is 7.34. The monoisotopic (exact) mass is 298 g/mol. The molecule has 1 amide bonds. The van der Waals surface area contributed by atoms with Crippen LogP contribution in [0.3, 0.4) is 0 Å². The molecule has 0 saturated heterocycles. The number of benzene rings is 1. The van der Waals surface area contributed by atoms with E-state index in [2.05, 4.69) is 11.9 Å². The van der Waals surface area contributed by atoms with Gasteiger partial charge in [0.15, 0.2) is 0 Å². The molecule has 0 aliphatic heterocycles. The largest absolute Gasteiger partial charge is 0.480 e. The van der Waals surface area contributed by atoms with E-state index >= 15 is 0 Å². The van der Waals surface area contributed by atoms with Crippen molar-refractivity contribution < 1.29 is 14.7 Å². The summed E-state index contributed by atoms with van der Waals surface area (Å²) in [6, 6.07) is 6.79. The Kier molecular flexibility index (Phi) is 3.71. The Hall–Kier alpha value is -2.56. The molecular weight excluding hydrogens is 280 g/mol. The molecular formula is C17H18N2O3. The van der Waals surface area contributed by atoms with Crippen LogP contribution in [0.2, 0.25) is 0 Å². The highest BCUT2D eigenvalue weighted by molar-refractivity contribution is 6.08. The van der Waals surface area contributed by atoms with Gasteiger partial charge in [-0.05, 0) is 24.8 Å². The molecule has 3 rings (SSSR count). The maximum Gasteiger partial charge on any atom is 0.326 e. The summed E-state index contributed by atoms with van der Waals surface area (Å²) in [7, 11) is 0. The van der Waals surface area contributed by atoms with Crippen LogP contribution in [0.15, 0.2) is 43.1 Å². The van der Waals surface area contributed by atoms with Gasteiger partial charge in [0.05, 0.1) is 5.56 Å². The van der Waals surface area contributed by atoms with Gasteiger partial charge in [-0.3, -0.25) is 4.79 Å². The molecule has 1 aromatic carbocycles. The van der Waals surface area contributed by atoms with Crippen molar-refractivity contribution in [1.82, 2.24) is 9.88 Å². The number of amides is 1. The smallest absolute Gasteiger partial charge is 0.326 e. The first-order chi connectivity index (χ1) is 10.6. The van der Waals surface area contributed by atoms with Crippen molar-refractivity contribution in [3.8, 4) is 0 Å². The molecule has 1 saturated carbocycles. The molecule has 114 valence electrons. The predicted molar refractivity (Wildman–Crippen MR) is 83.7 cm³/mol. The van der Waals surface area contributed by atoms with Crippen molar-refractivity contribution in [1.29, 1.82) is 0 Å². The second-order valence-electron chi connectivity index (χ2n) is 5.63. The quantitative estimate of drug-likeness (QED) is 0.805. The van der Waals surface area contributed by atoms with Crippen LogP contribution in [-0.4, -0.2) is 27.6 Å². The molecule has 2 aromatic rings. The lowest BCUT2D eigenvalue weighted by Crippen LogP contribution is -2.42. The number of hydrogen-bond donors (Lipinski definition) is 2. The first-order valence-electron chi connectivity index (χ1n) is 7.34. The summed E-state index contributed by atoms with van der Waals surface area (Å²) in [5.41, 5.74) is 1.44. The fourth-order valence-corrected chi connectivity index (χ4v) is 2.75. The first kappa shape index (κ1) is 14.4. The van der Waals surface area contributed by atoms with Gasteiger partial charge in [0.2, 0.25) is 0 Å². The Balaban J connectivity index is 1.93. The molecule has 0 bridgehead atoms. The number of carbonyl (C=O) groups is 2. The molecule has 0 spiro atoms. The van der Waals surface area contributed by atoms with Crippen molar-refractivity contribution in [3.05, 3.63) is 48.7 Å². The Morgan fingerprint density at radius 3 is 2.77 bits per heavy atom. The van der Waals surface area contributed by atoms with E-state index in [0.29, 0.717) is 12.1 Å². The number of nitrogens with one attached hydrogen (secondary N) is 1. The third kappa shape index (κ3) is 2.62. The molecule has 5 heteroatoms. The fourth-order valence-electron chi connectivity index (χ4n) is 2.75. The van der Waals surface area contributed by atoms with E-state index in [1.54, 1.807) is 12.3 Å². The number of para-hydroxylation sites is 1. The zero-order chi connectivity index (χ0) is 15.7. The average molecular weight is 298 g/mol. The van der Waals surface area contributed by atoms with Gasteiger partial charge in [-0.25, -0.2) is 4.79 Å². The summed E-state index contributed by atoms with van der Waals surface area (Å²) >= 11 is 0. The predicted octanol–water partition coefficient (Wildman–Crippen LogP) is 2.42. The van der Waals surface area contributed by atoms with Gasteiger partial charge >= 0.3 is 5.97 Å². The lowest BCUT2D eigenvalue weighted by molar-refractivity contribution is -0.139. The highest BCUT2D eigenvalue weighted by Gasteiger charge is 2.37. The molecule has 1 aliphatic carbocycles. The van der Waals surface area contributed by atoms with Crippen LogP contribution in [0.4, 0.5) is 0 Å². The van der Waals surface area contributed by atoms with E-state index in [1.807, 2.05) is 28.8 Å². The minimum absolute atomic E-state index is 0.0583. The van der Waals surface area contributed by atoms with Gasteiger partial charge in [-0.2, -0.15) is 0 Å². The molecule has 2 N–H and O–H groups in total. The summed E-state index contributed by atoms with van der Waals surface area (Å²) < 4.78 is 1.93. The van der Waals surface area contributed by atoms with Crippen LogP contribution in [0.25, 0.3) is 10.9 Å². The van der Waals surface area contributed by atoms with Gasteiger partial charge in [0.25, 0.3) is 5.91 Å². The highest BCUT2D eigenvalue weighted by atomic mass is 16.4. The van der Waals surface area contributed by atoms with Gasteiger partial charge < -0.3 is 15.0 Å². The standard InChI is InChI=1S/C17H18N2O3/c1-2-9-19-10-13(12-5-3-4-6-14(12)19)16(20)18-15(17(21)22)11-7-8-11/h2-6,10-11,15H,1,7-9H2,(H,18,20)(H,21,22). The van der Waals surface area contributed by atoms with Crippen LogP contribution >= 0.6 is 0 Å². The summed E-state index contributed by atoms with van der Waals surface area (Å²) in [6.07, 6.45) is 5.23. The van der Waals surface area contributed by atoms with E-state index in [0.717, 1.165) is 23.7 Å². The van der Waals surface area contributed by atoms with Crippen molar-refractivity contribution in [3.63, 3.8) is 0 Å². The molecule has 1 aromatic heterocycles. The lowest BCUT2D eigenvalue weighted by atomic mass is 10.1. The van der Waals surface area contributed by atoms with Crippen LogP contribution in [0.5, 0.6) is 0 Å². The van der Waals surface area contributed by atoms with Crippen molar-refractivity contribution in [2.45, 2.75) is 25.4 Å². The topological polar surface area (TPSA) is 71.3 Å². The van der Waals surface area contributed by atoms with Crippen molar-refractivity contribution >= 4 is 22.8 Å². The minimum Gasteiger partial charge on any atom is -0.480 e. The zero-order valence-electron chi connectivity index (χ0n) is 12.2. The van der Waals surface area contributed by atoms with Gasteiger partial charge in [-0.1, -0.05) is 24.3 Å². The molecule has 1 atom stereocenters. The molecule has 1 aliphatic rings. The lowest BCUT2D eigenvalue weighted by Gasteiger charge is -2.13. The normalized spacial score (nSPS) is 15.5. The molecule has 1 fully saturated rings. The molecule has 22 heavy (non-hydrogen) atoms. The van der Waals surface area contributed by atoms with Crippen LogP contribution in [0, 0.1) is 5.92 Å². The number of carboxylic acid groups (broad SMARTS) is 1. The van der Waals surface area contributed by atoms with Crippen molar-refractivity contribution in [2.75, 3.05) is 0 Å². The number of fused-ring (bicyclic) bond motifs is 1. The molecule has 5 nitrogen and oxygen atoms in total. The minimum atomic E-state index is -0.967. The van der Waals surface area contributed by atoms with Gasteiger partial charge in [0, 0.05) is 23.6 Å². The Morgan fingerprint density at radius 1 is 1.41 bits per heavy atom. The Morgan fingerprint density at radius 2 is 2.14 bits per heavy atom. The third-order valence-electron chi connectivity index (χ3n) is 4.01. The Bertz CT molecular complexity index is 743. The van der Waals surface area contributed by atoms with Crippen LogP contribution in [0.1, 0.15) is 23.2 Å². The average Bonchev–Trinajstić information content (AvgIpc) is 3.27. The van der Waals surface area contributed by atoms with Crippen LogP contribution < -0.4 is 5.32 Å². The number of aromatic nitrogens is 1. The number of rotatable bonds is 6. The fraction of sp³-hybridized carbons (Fsp3) is 0.294. The second kappa shape index (κ2) is 5.67. The van der Waals surface area contributed by atoms with E-state index < -0.39 is 12.0 Å². The SMILES string of the molecule is C=CCn1cc(C(=O)NC(C(=O)O)C2CC2)c2ccccc21. The zero-order valence-corrected chi connectivity index (χ0v) is 12.2. The highest BCUT2D eigenvalue weighted by Crippen LogP contribution is 2.33. The van der Waals surface area contributed by atoms with E-state index in [1.165, 1.54) is 0 Å². The number of aliphatic carboxylic acids is 1. The summed E-state index contributed by atoms with van der Waals surface area (Å²) in [5, 5.41) is 12.7. The van der Waals surface area contributed by atoms with Gasteiger partial charge in [0.1, 0.15) is 6.04 Å². The summed E-state index contributed by atoms with van der Waals surface area (Å²) in [6.45, 7) is 4.32. The molecule has 1 heterocycles. The van der Waals surface area contributed by atoms with Gasteiger partial charge in [-0.15, -0.1) is 6.58 Å². The second-order valence-corrected chi connectivity index (χ2v) is 5.63. The third-order valence-corrected chi connectivity index (χ3v) is 4.01. The number of carboxylic acids is 1. The number of allylic oxidation sites excluding steroid dienone is 1. The molecule has 0 radical (unpaired) electrons. The van der Waals surface area contributed by atoms with E-state index in [4.69, 9.17) is 0 Å². The Labute approximate surface area is 128 Å². The van der Waals surface area contributed by atoms with Crippen LogP contribution in [-0.2, 0) is 11.3 Å². The molecule has 1 unspecified atom stereocenters. The van der Waals surface area contributed by atoms with E-state index in [-0.39, 0.29) is 11.8 Å². The summed E-state index contributed by atoms with van der Waals surface area (Å²) in [5.74, 6) is -1.24. The van der Waals surface area contributed by atoms with Crippen molar-refractivity contribution in [2.24, 2.45) is 5.92 Å². The number of hydrogen-bond acceptors (Lipinski definition) is 2. The number of nitrogens with zero attached hydrogens (tertiary/aromatic N) is 1. The number of carbonyl (C=O) groups excluding carboxylic acids is 1. The van der Waals surface area contributed by atoms with E-state index in [9.17, 15) is 14.7 Å².